The van der Waals surface area contributed by atoms with Crippen LogP contribution >= 0.6 is 0 Å². The van der Waals surface area contributed by atoms with E-state index in [0.717, 1.165) is 25.2 Å². The van der Waals surface area contributed by atoms with Gasteiger partial charge in [0.1, 0.15) is 0 Å². The van der Waals surface area contributed by atoms with Crippen LogP contribution in [0, 0.1) is 31.6 Å². The van der Waals surface area contributed by atoms with Gasteiger partial charge in [-0.05, 0) is 19.3 Å². The van der Waals surface area contributed by atoms with Gasteiger partial charge in [-0.3, -0.25) is 0 Å². The van der Waals surface area contributed by atoms with Crippen LogP contribution in [0.15, 0.2) is 0 Å². The highest BCUT2D eigenvalue weighted by atomic mass is 14.1. The molecular weight excluding hydrogens is 324 g/mol. The summed E-state index contributed by atoms with van der Waals surface area (Å²) in [5.74, 6) is 7.17. The van der Waals surface area contributed by atoms with E-state index in [-0.39, 0.29) is 0 Å². The van der Waals surface area contributed by atoms with Crippen molar-refractivity contribution in [1.82, 2.24) is 0 Å². The van der Waals surface area contributed by atoms with E-state index < -0.39 is 0 Å². The first-order chi connectivity index (χ1) is 13.3. The maximum atomic E-state index is 3.92. The first kappa shape index (κ1) is 26.6. The molecule has 0 amide bonds. The fourth-order valence-electron chi connectivity index (χ4n) is 3.82. The molecule has 0 nitrogen and oxygen atoms in total. The van der Waals surface area contributed by atoms with E-state index in [1.165, 1.54) is 116 Å². The van der Waals surface area contributed by atoms with Gasteiger partial charge in [0.2, 0.25) is 0 Å². The number of hydrogen-bond donors (Lipinski definition) is 0. The van der Waals surface area contributed by atoms with Crippen LogP contribution < -0.4 is 0 Å². The van der Waals surface area contributed by atoms with Crippen molar-refractivity contribution in [2.75, 3.05) is 0 Å². The second-order valence-electron chi connectivity index (χ2n) is 8.55. The van der Waals surface area contributed by atoms with Crippen LogP contribution in [0.25, 0.3) is 0 Å². The minimum atomic E-state index is 0.761. The Bertz CT molecular complexity index is 319. The normalized spacial score (nSPS) is 12.0. The molecule has 0 aliphatic heterocycles. The van der Waals surface area contributed by atoms with Crippen molar-refractivity contribution >= 4 is 0 Å². The van der Waals surface area contributed by atoms with Gasteiger partial charge in [-0.25, -0.2) is 0 Å². The molecule has 0 N–H and O–H groups in total. The zero-order valence-corrected chi connectivity index (χ0v) is 18.8. The quantitative estimate of drug-likeness (QED) is 0.147. The molecule has 27 heavy (non-hydrogen) atoms. The van der Waals surface area contributed by atoms with Gasteiger partial charge in [0, 0.05) is 12.8 Å². The predicted molar refractivity (Wildman–Crippen MR) is 125 cm³/mol. The molecule has 0 spiro atoms. The standard InChI is InChI=1S/C27H50/c1-4-6-8-10-11-12-13-14-15-16-17-18-19-20-21-22-24-26-27(3)25-23-9-7-5-2/h27H,1-2,4-5,7,9-26H2,3H3. The Morgan fingerprint density at radius 1 is 0.519 bits per heavy atom. The zero-order chi connectivity index (χ0) is 19.8. The average molecular weight is 375 g/mol. The lowest BCUT2D eigenvalue weighted by Crippen LogP contribution is -1.95. The summed E-state index contributed by atoms with van der Waals surface area (Å²) in [6.45, 7) is 10.1. The van der Waals surface area contributed by atoms with Crippen LogP contribution in [-0.2, 0) is 0 Å². The maximum absolute atomic E-state index is 3.92. The molecule has 0 fully saturated rings. The monoisotopic (exact) mass is 374 g/mol. The summed E-state index contributed by atoms with van der Waals surface area (Å²) in [6, 6.07) is 0. The molecule has 0 heterocycles. The first-order valence-electron chi connectivity index (χ1n) is 12.4. The summed E-state index contributed by atoms with van der Waals surface area (Å²) >= 11 is 0. The number of unbranched alkanes of at least 4 members (excludes halogenated alkanes) is 16. The minimum absolute atomic E-state index is 0.761. The van der Waals surface area contributed by atoms with E-state index in [0.29, 0.717) is 0 Å². The van der Waals surface area contributed by atoms with Gasteiger partial charge in [-0.15, -0.1) is 11.8 Å². The van der Waals surface area contributed by atoms with Crippen molar-refractivity contribution < 1.29 is 0 Å². The van der Waals surface area contributed by atoms with Crippen molar-refractivity contribution in [3.8, 4) is 11.8 Å². The Kier molecular flexibility index (Phi) is 23.2. The molecule has 0 aromatic carbocycles. The lowest BCUT2D eigenvalue weighted by molar-refractivity contribution is 0.434. The second kappa shape index (κ2) is 23.6. The Morgan fingerprint density at radius 2 is 0.926 bits per heavy atom. The van der Waals surface area contributed by atoms with Gasteiger partial charge in [-0.2, -0.15) is 0 Å². The molecule has 0 heteroatoms. The van der Waals surface area contributed by atoms with Crippen molar-refractivity contribution in [2.45, 2.75) is 142 Å². The highest BCUT2D eigenvalue weighted by Gasteiger charge is 2.01. The minimum Gasteiger partial charge on any atom is -0.103 e. The van der Waals surface area contributed by atoms with Crippen molar-refractivity contribution in [1.29, 1.82) is 0 Å². The molecule has 0 aliphatic carbocycles. The summed E-state index contributed by atoms with van der Waals surface area (Å²) in [7, 11) is 0. The van der Waals surface area contributed by atoms with Gasteiger partial charge < -0.3 is 0 Å². The molecule has 0 saturated heterocycles. The SMILES string of the molecule is [CH2]CC#CCCCCCCCCCCCCCCCC(C)CCCCC[CH2]. The van der Waals surface area contributed by atoms with Crippen LogP contribution in [0.5, 0.6) is 0 Å². The summed E-state index contributed by atoms with van der Waals surface area (Å²) in [6.07, 6.45) is 28.6. The summed E-state index contributed by atoms with van der Waals surface area (Å²) < 4.78 is 0. The van der Waals surface area contributed by atoms with Gasteiger partial charge in [0.05, 0.1) is 0 Å². The van der Waals surface area contributed by atoms with E-state index in [1.54, 1.807) is 0 Å². The van der Waals surface area contributed by atoms with Gasteiger partial charge in [0.15, 0.2) is 0 Å². The number of hydrogen-bond acceptors (Lipinski definition) is 0. The Balaban J connectivity index is 3.10. The van der Waals surface area contributed by atoms with E-state index in [9.17, 15) is 0 Å². The highest BCUT2D eigenvalue weighted by Crippen LogP contribution is 2.18. The van der Waals surface area contributed by atoms with Gasteiger partial charge >= 0.3 is 0 Å². The molecule has 0 rings (SSSR count). The maximum Gasteiger partial charge on any atom is 0.00890 e. The Labute approximate surface area is 173 Å². The lowest BCUT2D eigenvalue weighted by atomic mass is 9.96. The third-order valence-electron chi connectivity index (χ3n) is 5.70. The predicted octanol–water partition coefficient (Wildman–Crippen LogP) is 9.49. The molecule has 2 radical (unpaired) electrons. The Hall–Kier alpha value is -0.440. The smallest absolute Gasteiger partial charge is 0.00890 e. The van der Waals surface area contributed by atoms with Crippen molar-refractivity contribution in [2.24, 2.45) is 5.92 Å². The molecule has 0 aromatic heterocycles. The second-order valence-corrected chi connectivity index (χ2v) is 8.55. The highest BCUT2D eigenvalue weighted by molar-refractivity contribution is 4.98. The zero-order valence-electron chi connectivity index (χ0n) is 18.8. The van der Waals surface area contributed by atoms with Gasteiger partial charge in [-0.1, -0.05) is 129 Å². The third kappa shape index (κ3) is 23.5. The van der Waals surface area contributed by atoms with Crippen LogP contribution in [-0.4, -0.2) is 0 Å². The van der Waals surface area contributed by atoms with Crippen LogP contribution in [0.2, 0.25) is 0 Å². The molecule has 0 aromatic rings. The summed E-state index contributed by atoms with van der Waals surface area (Å²) in [5.41, 5.74) is 0. The van der Waals surface area contributed by atoms with E-state index in [4.69, 9.17) is 0 Å². The van der Waals surface area contributed by atoms with Crippen LogP contribution in [0.3, 0.4) is 0 Å². The summed E-state index contributed by atoms with van der Waals surface area (Å²) in [4.78, 5) is 0. The molecule has 158 valence electrons. The fraction of sp³-hybridized carbons (Fsp3) is 0.852. The molecule has 0 saturated carbocycles. The topological polar surface area (TPSA) is 0 Å². The van der Waals surface area contributed by atoms with Crippen molar-refractivity contribution in [3.63, 3.8) is 0 Å². The average Bonchev–Trinajstić information content (AvgIpc) is 2.67. The third-order valence-corrected chi connectivity index (χ3v) is 5.70. The molecule has 0 bridgehead atoms. The summed E-state index contributed by atoms with van der Waals surface area (Å²) in [5, 5.41) is 0. The molecular formula is C27H50. The van der Waals surface area contributed by atoms with E-state index in [2.05, 4.69) is 32.6 Å². The van der Waals surface area contributed by atoms with E-state index >= 15 is 0 Å². The van der Waals surface area contributed by atoms with Gasteiger partial charge in [0.25, 0.3) is 0 Å². The van der Waals surface area contributed by atoms with Crippen LogP contribution in [0.4, 0.5) is 0 Å². The molecule has 1 unspecified atom stereocenters. The molecule has 1 atom stereocenters. The number of rotatable bonds is 20. The lowest BCUT2D eigenvalue weighted by Gasteiger charge is -2.10. The Morgan fingerprint density at radius 3 is 1.37 bits per heavy atom. The first-order valence-corrected chi connectivity index (χ1v) is 12.4. The van der Waals surface area contributed by atoms with E-state index in [1.807, 2.05) is 0 Å². The van der Waals surface area contributed by atoms with Crippen LogP contribution in [0.1, 0.15) is 142 Å². The fourth-order valence-corrected chi connectivity index (χ4v) is 3.82. The van der Waals surface area contributed by atoms with Crippen molar-refractivity contribution in [3.05, 3.63) is 13.8 Å². The largest absolute Gasteiger partial charge is 0.103 e. The molecule has 0 aliphatic rings.